The molecule has 5 rings (SSSR count). The molecule has 0 bridgehead atoms. The van der Waals surface area contributed by atoms with E-state index in [1.165, 1.54) is 6.07 Å². The average Bonchev–Trinajstić information content (AvgIpc) is 3.41. The van der Waals surface area contributed by atoms with Crippen molar-refractivity contribution in [3.63, 3.8) is 0 Å². The minimum Gasteiger partial charge on any atom is -0.487 e. The molecule has 0 saturated heterocycles. The molecule has 31 heavy (non-hydrogen) atoms. The zero-order valence-corrected chi connectivity index (χ0v) is 17.1. The summed E-state index contributed by atoms with van der Waals surface area (Å²) in [5, 5.41) is 2.86. The highest BCUT2D eigenvalue weighted by Crippen LogP contribution is 2.40. The molecule has 3 aromatic rings. The summed E-state index contributed by atoms with van der Waals surface area (Å²) in [5.41, 5.74) is 3.82. The molecule has 1 amide bonds. The molecule has 3 heterocycles. The van der Waals surface area contributed by atoms with Crippen LogP contribution in [0.4, 0.5) is 4.39 Å². The van der Waals surface area contributed by atoms with E-state index in [9.17, 15) is 9.18 Å². The molecule has 0 unspecified atom stereocenters. The lowest BCUT2D eigenvalue weighted by atomic mass is 10.0. The zero-order valence-electron chi connectivity index (χ0n) is 17.1. The Kier molecular flexibility index (Phi) is 4.69. The van der Waals surface area contributed by atoms with E-state index in [0.717, 1.165) is 11.4 Å². The molecule has 2 aliphatic heterocycles. The van der Waals surface area contributed by atoms with E-state index in [2.05, 4.69) is 15.3 Å². The van der Waals surface area contributed by atoms with Crippen molar-refractivity contribution in [3.05, 3.63) is 64.9 Å². The molecule has 0 spiro atoms. The number of hydrogen-bond donors (Lipinski definition) is 1. The number of aromatic nitrogens is 2. The molecule has 2 aliphatic rings. The molecule has 2 aromatic carbocycles. The lowest BCUT2D eigenvalue weighted by molar-refractivity contribution is 0.0933. The number of nitrogens with zero attached hydrogens (tertiary/aromatic N) is 2. The van der Waals surface area contributed by atoms with E-state index >= 15 is 0 Å². The van der Waals surface area contributed by atoms with Gasteiger partial charge in [0, 0.05) is 29.3 Å². The first kappa shape index (κ1) is 19.3. The monoisotopic (exact) mass is 421 g/mol. The fraction of sp³-hybridized carbons (Fsp3) is 0.261. The van der Waals surface area contributed by atoms with Gasteiger partial charge in [-0.25, -0.2) is 9.37 Å². The molecule has 8 heteroatoms. The molecule has 0 fully saturated rings. The Bertz CT molecular complexity index is 1200. The maximum Gasteiger partial charge on any atom is 0.251 e. The van der Waals surface area contributed by atoms with Crippen molar-refractivity contribution in [3.8, 4) is 28.5 Å². The SMILES string of the molecule is Cc1cnc(C)c(-c2ccc(F)c3c2O[C@@H](CNC(=O)c2ccc4c(c2)OCO4)C3)n1. The van der Waals surface area contributed by atoms with Crippen LogP contribution in [0.25, 0.3) is 11.3 Å². The minimum atomic E-state index is -0.387. The molecule has 158 valence electrons. The van der Waals surface area contributed by atoms with Crippen LogP contribution >= 0.6 is 0 Å². The first-order valence-corrected chi connectivity index (χ1v) is 9.96. The minimum absolute atomic E-state index is 0.146. The number of benzene rings is 2. The van der Waals surface area contributed by atoms with Gasteiger partial charge < -0.3 is 19.5 Å². The summed E-state index contributed by atoms with van der Waals surface area (Å²) in [6.07, 6.45) is 1.66. The van der Waals surface area contributed by atoms with E-state index in [1.807, 2.05) is 13.8 Å². The molecular formula is C23H20FN3O4. The number of hydrogen-bond acceptors (Lipinski definition) is 6. The third-order valence-corrected chi connectivity index (χ3v) is 5.38. The van der Waals surface area contributed by atoms with Crippen molar-refractivity contribution in [1.29, 1.82) is 0 Å². The predicted molar refractivity (Wildman–Crippen MR) is 110 cm³/mol. The summed E-state index contributed by atoms with van der Waals surface area (Å²) in [7, 11) is 0. The van der Waals surface area contributed by atoms with Crippen LogP contribution in [0.3, 0.4) is 0 Å². The highest BCUT2D eigenvalue weighted by Gasteiger charge is 2.30. The van der Waals surface area contributed by atoms with Crippen LogP contribution in [-0.4, -0.2) is 35.3 Å². The van der Waals surface area contributed by atoms with Gasteiger partial charge in [-0.3, -0.25) is 9.78 Å². The van der Waals surface area contributed by atoms with Crippen molar-refractivity contribution >= 4 is 5.91 Å². The van der Waals surface area contributed by atoms with Crippen LogP contribution in [0.2, 0.25) is 0 Å². The van der Waals surface area contributed by atoms with Gasteiger partial charge in [-0.2, -0.15) is 0 Å². The summed E-state index contributed by atoms with van der Waals surface area (Å²) < 4.78 is 31.1. The first-order valence-electron chi connectivity index (χ1n) is 9.96. The predicted octanol–water partition coefficient (Wildman–Crippen LogP) is 3.36. The largest absolute Gasteiger partial charge is 0.487 e. The molecule has 1 atom stereocenters. The topological polar surface area (TPSA) is 82.6 Å². The van der Waals surface area contributed by atoms with Gasteiger partial charge in [-0.05, 0) is 44.2 Å². The summed E-state index contributed by atoms with van der Waals surface area (Å²) in [6.45, 7) is 4.09. The van der Waals surface area contributed by atoms with Gasteiger partial charge in [0.2, 0.25) is 6.79 Å². The number of nitrogens with one attached hydrogen (secondary N) is 1. The second-order valence-electron chi connectivity index (χ2n) is 7.57. The van der Waals surface area contributed by atoms with E-state index in [-0.39, 0.29) is 31.2 Å². The lowest BCUT2D eigenvalue weighted by Gasteiger charge is -2.14. The third-order valence-electron chi connectivity index (χ3n) is 5.38. The lowest BCUT2D eigenvalue weighted by Crippen LogP contribution is -2.34. The Morgan fingerprint density at radius 2 is 2.03 bits per heavy atom. The van der Waals surface area contributed by atoms with Crippen molar-refractivity contribution in [1.82, 2.24) is 15.3 Å². The quantitative estimate of drug-likeness (QED) is 0.696. The number of ether oxygens (including phenoxy) is 3. The molecule has 0 radical (unpaired) electrons. The van der Waals surface area contributed by atoms with Crippen LogP contribution in [0, 0.1) is 19.7 Å². The number of carbonyl (C=O) groups is 1. The summed E-state index contributed by atoms with van der Waals surface area (Å²) in [4.78, 5) is 21.5. The van der Waals surface area contributed by atoms with E-state index < -0.39 is 0 Å². The van der Waals surface area contributed by atoms with Crippen molar-refractivity contribution in [2.45, 2.75) is 26.4 Å². The highest BCUT2D eigenvalue weighted by atomic mass is 19.1. The van der Waals surface area contributed by atoms with E-state index in [4.69, 9.17) is 14.2 Å². The normalized spacial score (nSPS) is 16.0. The second kappa shape index (κ2) is 7.54. The van der Waals surface area contributed by atoms with E-state index in [0.29, 0.717) is 46.1 Å². The maximum atomic E-state index is 14.5. The van der Waals surface area contributed by atoms with Crippen molar-refractivity contribution in [2.75, 3.05) is 13.3 Å². The van der Waals surface area contributed by atoms with Crippen LogP contribution in [0.15, 0.2) is 36.5 Å². The van der Waals surface area contributed by atoms with Crippen LogP contribution in [0.5, 0.6) is 17.2 Å². The van der Waals surface area contributed by atoms with Crippen LogP contribution < -0.4 is 19.5 Å². The number of amides is 1. The summed E-state index contributed by atoms with van der Waals surface area (Å²) in [5.74, 6) is 1.02. The molecule has 0 saturated carbocycles. The third kappa shape index (κ3) is 3.54. The van der Waals surface area contributed by atoms with Gasteiger partial charge in [0.05, 0.1) is 23.6 Å². The first-order chi connectivity index (χ1) is 15.0. The number of rotatable bonds is 4. The Morgan fingerprint density at radius 3 is 2.90 bits per heavy atom. The fourth-order valence-corrected chi connectivity index (χ4v) is 3.80. The molecule has 0 aliphatic carbocycles. The van der Waals surface area contributed by atoms with Gasteiger partial charge in [0.25, 0.3) is 5.91 Å². The molecule has 1 N–H and O–H groups in total. The number of halogens is 1. The standard InChI is InChI=1S/C23H20FN3O4/c1-12-9-25-13(2)21(27-12)16-4-5-18(24)17-8-15(31-22(16)17)10-26-23(28)14-3-6-19-20(7-14)30-11-29-19/h3-7,9,15H,8,10-11H2,1-2H3,(H,26,28)/t15-/m1/s1. The van der Waals surface area contributed by atoms with Gasteiger partial charge >= 0.3 is 0 Å². The number of carbonyl (C=O) groups excluding carboxylic acids is 1. The van der Waals surface area contributed by atoms with Crippen LogP contribution in [-0.2, 0) is 6.42 Å². The average molecular weight is 421 g/mol. The number of fused-ring (bicyclic) bond motifs is 2. The van der Waals surface area contributed by atoms with Gasteiger partial charge in [0.1, 0.15) is 17.7 Å². The van der Waals surface area contributed by atoms with E-state index in [1.54, 1.807) is 30.5 Å². The zero-order chi connectivity index (χ0) is 21.5. The van der Waals surface area contributed by atoms with Crippen molar-refractivity contribution < 1.29 is 23.4 Å². The summed E-state index contributed by atoms with van der Waals surface area (Å²) in [6, 6.07) is 8.10. The second-order valence-corrected chi connectivity index (χ2v) is 7.57. The smallest absolute Gasteiger partial charge is 0.251 e. The van der Waals surface area contributed by atoms with Gasteiger partial charge in [0.15, 0.2) is 11.5 Å². The fourth-order valence-electron chi connectivity index (χ4n) is 3.80. The summed E-state index contributed by atoms with van der Waals surface area (Å²) >= 11 is 0. The Morgan fingerprint density at radius 1 is 1.19 bits per heavy atom. The maximum absolute atomic E-state index is 14.5. The Balaban J connectivity index is 1.33. The van der Waals surface area contributed by atoms with Crippen LogP contribution in [0.1, 0.15) is 27.3 Å². The Labute approximate surface area is 178 Å². The van der Waals surface area contributed by atoms with Gasteiger partial charge in [-0.15, -0.1) is 0 Å². The van der Waals surface area contributed by atoms with Crippen molar-refractivity contribution in [2.24, 2.45) is 0 Å². The number of aryl methyl sites for hydroxylation is 2. The Hall–Kier alpha value is -3.68. The molecular weight excluding hydrogens is 401 g/mol. The highest BCUT2D eigenvalue weighted by molar-refractivity contribution is 5.95. The van der Waals surface area contributed by atoms with Gasteiger partial charge in [-0.1, -0.05) is 0 Å². The molecule has 7 nitrogen and oxygen atoms in total. The molecule has 1 aromatic heterocycles.